The van der Waals surface area contributed by atoms with Gasteiger partial charge in [0.1, 0.15) is 0 Å². The number of nitrogens with zero attached hydrogens (tertiary/aromatic N) is 7. The van der Waals surface area contributed by atoms with Gasteiger partial charge in [-0.2, -0.15) is 5.10 Å². The summed E-state index contributed by atoms with van der Waals surface area (Å²) < 4.78 is 4.53. The maximum Gasteiger partial charge on any atom is 0.187 e. The van der Waals surface area contributed by atoms with Gasteiger partial charge in [-0.3, -0.25) is 4.57 Å². The molecule has 0 aliphatic carbocycles. The molecule has 0 aliphatic heterocycles. The first-order valence-corrected chi connectivity index (χ1v) is 26.4. The van der Waals surface area contributed by atoms with Crippen molar-refractivity contribution in [3.05, 3.63) is 184 Å². The summed E-state index contributed by atoms with van der Waals surface area (Å²) in [6, 6.07) is 47.3. The number of aryl methyl sites for hydroxylation is 3. The second-order valence-electron chi connectivity index (χ2n) is 21.6. The SMILES string of the molecule is CC(O)CC(C)O.Cc1cc(CC(C)C)c(-n2c(-c3ccccc3)nnc2-c2ccccc2C)c(CC(C)C)c1.[C-]#[N+]c1cc(CC(C)C)c(-n2c(-c3[c-]cccc3)nnc2-c2ccccc2C)c(CC(C)C)c1.[Ir].[Ir]. The molecule has 2 unspecified atom stereocenters. The van der Waals surface area contributed by atoms with E-state index in [-0.39, 0.29) is 52.4 Å². The van der Waals surface area contributed by atoms with Crippen LogP contribution in [-0.2, 0) is 65.9 Å². The molecule has 2 radical (unpaired) electrons. The molecule has 0 amide bonds. The van der Waals surface area contributed by atoms with Crippen molar-refractivity contribution in [1.29, 1.82) is 0 Å². The van der Waals surface area contributed by atoms with Crippen molar-refractivity contribution in [2.75, 3.05) is 0 Å². The average Bonchev–Trinajstić information content (AvgIpc) is 3.97. The Balaban J connectivity index is 0.000000285. The zero-order valence-electron chi connectivity index (χ0n) is 46.8. The number of benzene rings is 6. The minimum absolute atomic E-state index is 0. The fraction of sp³-hybridized carbons (Fsp3) is 0.369. The van der Waals surface area contributed by atoms with Crippen LogP contribution in [0.2, 0.25) is 0 Å². The van der Waals surface area contributed by atoms with Crippen LogP contribution in [-0.4, -0.2) is 51.9 Å². The zero-order valence-corrected chi connectivity index (χ0v) is 51.6. The fourth-order valence-electron chi connectivity index (χ4n) is 9.66. The van der Waals surface area contributed by atoms with Crippen molar-refractivity contribution in [3.8, 4) is 56.9 Å². The van der Waals surface area contributed by atoms with Crippen LogP contribution in [0.15, 0.2) is 127 Å². The molecule has 2 heterocycles. The van der Waals surface area contributed by atoms with Crippen LogP contribution in [0.5, 0.6) is 0 Å². The van der Waals surface area contributed by atoms with Gasteiger partial charge in [-0.1, -0.05) is 164 Å². The quantitative estimate of drug-likeness (QED) is 0.0934. The maximum atomic E-state index is 8.56. The Morgan fingerprint density at radius 3 is 1.25 bits per heavy atom. The molecule has 76 heavy (non-hydrogen) atoms. The van der Waals surface area contributed by atoms with Crippen LogP contribution in [0.4, 0.5) is 5.69 Å². The number of aliphatic hydroxyl groups excluding tert-OH is 2. The fourth-order valence-corrected chi connectivity index (χ4v) is 9.66. The van der Waals surface area contributed by atoms with E-state index in [0.29, 0.717) is 35.8 Å². The molecule has 8 aromatic rings. The summed E-state index contributed by atoms with van der Waals surface area (Å²) in [5.74, 6) is 5.37. The second kappa shape index (κ2) is 29.7. The van der Waals surface area contributed by atoms with Crippen molar-refractivity contribution in [3.63, 3.8) is 0 Å². The molecule has 2 atom stereocenters. The summed E-state index contributed by atoms with van der Waals surface area (Å²) in [5.41, 5.74) is 15.9. The van der Waals surface area contributed by atoms with E-state index in [1.165, 1.54) is 27.9 Å². The van der Waals surface area contributed by atoms with E-state index < -0.39 is 0 Å². The van der Waals surface area contributed by atoms with Gasteiger partial charge in [0.05, 0.1) is 30.3 Å². The van der Waals surface area contributed by atoms with Gasteiger partial charge in [0.15, 0.2) is 23.2 Å². The van der Waals surface area contributed by atoms with Gasteiger partial charge in [0, 0.05) is 62.6 Å². The first-order chi connectivity index (χ1) is 35.4. The third kappa shape index (κ3) is 16.7. The molecular formula is C65H78Ir2N7O2-. The van der Waals surface area contributed by atoms with E-state index in [4.69, 9.17) is 32.1 Å². The van der Waals surface area contributed by atoms with Crippen LogP contribution in [0.3, 0.4) is 0 Å². The molecule has 8 rings (SSSR count). The van der Waals surface area contributed by atoms with Gasteiger partial charge in [0.25, 0.3) is 0 Å². The molecule has 9 nitrogen and oxygen atoms in total. The Morgan fingerprint density at radius 1 is 0.487 bits per heavy atom. The minimum Gasteiger partial charge on any atom is -0.393 e. The second-order valence-corrected chi connectivity index (χ2v) is 21.6. The van der Waals surface area contributed by atoms with Crippen LogP contribution in [0, 0.1) is 57.1 Å². The molecule has 6 aromatic carbocycles. The van der Waals surface area contributed by atoms with E-state index >= 15 is 0 Å². The van der Waals surface area contributed by atoms with Crippen molar-refractivity contribution in [2.24, 2.45) is 23.7 Å². The summed E-state index contributed by atoms with van der Waals surface area (Å²) in [6.07, 6.45) is 3.49. The minimum atomic E-state index is -0.375. The van der Waals surface area contributed by atoms with Gasteiger partial charge in [0.2, 0.25) is 0 Å². The third-order valence-corrected chi connectivity index (χ3v) is 12.5. The summed E-state index contributed by atoms with van der Waals surface area (Å²) in [7, 11) is 0. The summed E-state index contributed by atoms with van der Waals surface area (Å²) in [6.45, 7) is 35.5. The van der Waals surface area contributed by atoms with Gasteiger partial charge in [-0.25, -0.2) is 4.85 Å². The van der Waals surface area contributed by atoms with Crippen molar-refractivity contribution < 1.29 is 50.4 Å². The van der Waals surface area contributed by atoms with Crippen LogP contribution in [0.25, 0.3) is 61.8 Å². The number of rotatable bonds is 16. The molecular weight excluding hydrogens is 1300 g/mol. The number of hydrogen-bond donors (Lipinski definition) is 2. The molecule has 2 N–H and O–H groups in total. The largest absolute Gasteiger partial charge is 0.393 e. The Morgan fingerprint density at radius 2 is 0.868 bits per heavy atom. The standard InChI is InChI=1S/C30H31N4.C30H35N3.C5H12O2.2Ir/c1-20(2)16-24-18-26(31-6)19-25(17-21(3)4)28(24)34-29(23-13-8-7-9-14-23)32-33-30(34)27-15-11-10-12-22(27)5;1-20(2)16-25-18-22(5)19-26(17-21(3)4)28(25)33-29(24-13-8-7-9-14-24)31-32-30(33)27-15-11-10-12-23(27)6;1-4(6)3-5(2)7;;/h7-13,15,18-21H,16-17H2,1-5H3;7-15,18-21H,16-17H2,1-6H3;4-7H,3H2,1-2H3;;/q-1;;;;. The number of aliphatic hydroxyl groups is 2. The van der Waals surface area contributed by atoms with Gasteiger partial charge >= 0.3 is 0 Å². The van der Waals surface area contributed by atoms with Crippen molar-refractivity contribution >= 4 is 5.69 Å². The molecule has 0 saturated heterocycles. The van der Waals surface area contributed by atoms with Gasteiger partial charge < -0.3 is 14.8 Å². The zero-order chi connectivity index (χ0) is 53.6. The molecule has 0 bridgehead atoms. The van der Waals surface area contributed by atoms with Crippen molar-refractivity contribution in [1.82, 2.24) is 29.5 Å². The number of hydrogen-bond acceptors (Lipinski definition) is 6. The van der Waals surface area contributed by atoms with Crippen molar-refractivity contribution in [2.45, 2.75) is 134 Å². The van der Waals surface area contributed by atoms with E-state index in [9.17, 15) is 0 Å². The van der Waals surface area contributed by atoms with E-state index in [1.54, 1.807) is 13.8 Å². The van der Waals surface area contributed by atoms with Crippen LogP contribution in [0.1, 0.15) is 115 Å². The molecule has 0 saturated carbocycles. The Bertz CT molecular complexity index is 3040. The average molecular weight is 1370 g/mol. The number of aromatic nitrogens is 6. The Kier molecular flexibility index (Phi) is 24.6. The summed E-state index contributed by atoms with van der Waals surface area (Å²) in [5, 5.41) is 36.1. The normalized spacial score (nSPS) is 11.8. The topological polar surface area (TPSA) is 106 Å². The third-order valence-electron chi connectivity index (χ3n) is 12.5. The van der Waals surface area contributed by atoms with Gasteiger partial charge in [-0.15, -0.1) is 51.2 Å². The first-order valence-electron chi connectivity index (χ1n) is 26.4. The summed E-state index contributed by atoms with van der Waals surface area (Å²) in [4.78, 5) is 3.81. The summed E-state index contributed by atoms with van der Waals surface area (Å²) >= 11 is 0. The van der Waals surface area contributed by atoms with Crippen LogP contribution < -0.4 is 0 Å². The van der Waals surface area contributed by atoms with Crippen LogP contribution >= 0.6 is 0 Å². The first kappa shape index (κ1) is 62.8. The van der Waals surface area contributed by atoms with Gasteiger partial charge in [-0.05, 0) is 124 Å². The molecule has 0 aliphatic rings. The smallest absolute Gasteiger partial charge is 0.187 e. The molecule has 0 fully saturated rings. The predicted molar refractivity (Wildman–Crippen MR) is 306 cm³/mol. The Labute approximate surface area is 481 Å². The predicted octanol–water partition coefficient (Wildman–Crippen LogP) is 15.4. The molecule has 404 valence electrons. The molecule has 2 aromatic heterocycles. The Hall–Kier alpha value is -5.69. The monoisotopic (exact) mass is 1370 g/mol. The van der Waals surface area contributed by atoms with E-state index in [2.05, 4.69) is 174 Å². The molecule has 11 heteroatoms. The maximum absolute atomic E-state index is 8.56. The molecule has 0 spiro atoms. The van der Waals surface area contributed by atoms with E-state index in [0.717, 1.165) is 93.6 Å². The van der Waals surface area contributed by atoms with E-state index in [1.807, 2.05) is 54.6 Å².